The highest BCUT2D eigenvalue weighted by Gasteiger charge is 2.20. The van der Waals surface area contributed by atoms with Crippen LogP contribution in [0.15, 0.2) is 47.5 Å². The van der Waals surface area contributed by atoms with Gasteiger partial charge in [-0.25, -0.2) is 0 Å². The summed E-state index contributed by atoms with van der Waals surface area (Å²) in [6.07, 6.45) is 0. The average Bonchev–Trinajstić information content (AvgIpc) is 2.77. The average molecular weight is 259 g/mol. The molecule has 0 atom stereocenters. The summed E-state index contributed by atoms with van der Waals surface area (Å²) < 4.78 is 11.1. The molecule has 0 aliphatic rings. The highest BCUT2D eigenvalue weighted by atomic mass is 28.4. The summed E-state index contributed by atoms with van der Waals surface area (Å²) in [6, 6.07) is 11.7. The van der Waals surface area contributed by atoms with Crippen molar-refractivity contribution < 1.29 is 8.95 Å². The Balaban J connectivity index is 2.19. The molecule has 0 spiro atoms. The van der Waals surface area contributed by atoms with E-state index in [1.807, 2.05) is 36.4 Å². The number of hydrogen-bond donors (Lipinski definition) is 0. The monoisotopic (exact) mass is 259 g/mol. The first-order valence-electron chi connectivity index (χ1n) is 5.86. The van der Waals surface area contributed by atoms with E-state index in [-0.39, 0.29) is 0 Å². The van der Waals surface area contributed by atoms with Crippen molar-refractivity contribution in [2.75, 3.05) is 0 Å². The van der Waals surface area contributed by atoms with Crippen LogP contribution in [-0.4, -0.2) is 13.5 Å². The molecule has 1 aromatic carbocycles. The van der Waals surface area contributed by atoms with E-state index >= 15 is 0 Å². The van der Waals surface area contributed by atoms with Crippen molar-refractivity contribution in [3.63, 3.8) is 0 Å². The van der Waals surface area contributed by atoms with Gasteiger partial charge in [0.2, 0.25) is 8.32 Å². The Hall–Kier alpha value is -1.81. The lowest BCUT2D eigenvalue weighted by molar-refractivity contribution is 0.386. The molecular weight excluding hydrogens is 242 g/mol. The van der Waals surface area contributed by atoms with Gasteiger partial charge in [-0.1, -0.05) is 42.1 Å². The molecule has 0 aliphatic carbocycles. The van der Waals surface area contributed by atoms with Gasteiger partial charge in [-0.15, -0.1) is 0 Å². The molecule has 0 amide bonds. The quantitative estimate of drug-likeness (QED) is 0.611. The lowest BCUT2D eigenvalue weighted by Crippen LogP contribution is -2.23. The van der Waals surface area contributed by atoms with Gasteiger partial charge in [0, 0.05) is 11.6 Å². The van der Waals surface area contributed by atoms with Crippen molar-refractivity contribution >= 4 is 14.1 Å². The van der Waals surface area contributed by atoms with Crippen LogP contribution in [0.1, 0.15) is 5.76 Å². The fourth-order valence-corrected chi connectivity index (χ4v) is 2.41. The zero-order chi connectivity index (χ0) is 13.2. The summed E-state index contributed by atoms with van der Waals surface area (Å²) in [6.45, 7) is 10.2. The predicted octanol–water partition coefficient (Wildman–Crippen LogP) is 4.16. The fraction of sp³-hybridized carbons (Fsp3) is 0.214. The zero-order valence-corrected chi connectivity index (χ0v) is 11.9. The molecule has 18 heavy (non-hydrogen) atoms. The Morgan fingerprint density at radius 3 is 2.50 bits per heavy atom. The van der Waals surface area contributed by atoms with Crippen molar-refractivity contribution in [2.24, 2.45) is 0 Å². The molecule has 0 fully saturated rings. The van der Waals surface area contributed by atoms with Gasteiger partial charge in [0.1, 0.15) is 11.5 Å². The second-order valence-electron chi connectivity index (χ2n) is 5.08. The second kappa shape index (κ2) is 4.82. The standard InChI is InChI=1S/C14H17NO2Si/c1-11(17-18(2,3)4)14-10-13(15-16-14)12-8-6-5-7-9-12/h5-10H,1H2,2-4H3. The molecule has 0 saturated heterocycles. The van der Waals surface area contributed by atoms with E-state index < -0.39 is 8.32 Å². The van der Waals surface area contributed by atoms with Crippen LogP contribution in [0.3, 0.4) is 0 Å². The van der Waals surface area contributed by atoms with E-state index in [0.29, 0.717) is 11.5 Å². The van der Waals surface area contributed by atoms with E-state index in [9.17, 15) is 0 Å². The van der Waals surface area contributed by atoms with Gasteiger partial charge in [0.05, 0.1) is 0 Å². The van der Waals surface area contributed by atoms with Gasteiger partial charge in [-0.2, -0.15) is 0 Å². The molecule has 0 bridgehead atoms. The number of rotatable bonds is 4. The van der Waals surface area contributed by atoms with E-state index in [4.69, 9.17) is 8.95 Å². The molecule has 1 aromatic heterocycles. The number of benzene rings is 1. The third kappa shape index (κ3) is 3.11. The van der Waals surface area contributed by atoms with Crippen LogP contribution in [0, 0.1) is 0 Å². The van der Waals surface area contributed by atoms with Gasteiger partial charge < -0.3 is 8.95 Å². The van der Waals surface area contributed by atoms with Crippen molar-refractivity contribution in [1.29, 1.82) is 0 Å². The van der Waals surface area contributed by atoms with Crippen molar-refractivity contribution in [3.8, 4) is 11.3 Å². The first kappa shape index (κ1) is 12.6. The van der Waals surface area contributed by atoms with Crippen LogP contribution in [-0.2, 0) is 4.43 Å². The van der Waals surface area contributed by atoms with E-state index in [2.05, 4.69) is 31.4 Å². The highest BCUT2D eigenvalue weighted by Crippen LogP contribution is 2.24. The minimum absolute atomic E-state index is 0.559. The van der Waals surface area contributed by atoms with Crippen LogP contribution in [0.2, 0.25) is 19.6 Å². The maximum absolute atomic E-state index is 5.78. The third-order valence-electron chi connectivity index (χ3n) is 2.28. The van der Waals surface area contributed by atoms with E-state index in [1.54, 1.807) is 0 Å². The van der Waals surface area contributed by atoms with Gasteiger partial charge in [0.25, 0.3) is 0 Å². The van der Waals surface area contributed by atoms with Crippen molar-refractivity contribution in [1.82, 2.24) is 5.16 Å². The SMILES string of the molecule is C=C(O[Si](C)(C)C)c1cc(-c2ccccc2)no1. The molecule has 2 aromatic rings. The molecule has 2 rings (SSSR count). The first-order valence-corrected chi connectivity index (χ1v) is 9.27. The molecule has 0 aliphatic heterocycles. The topological polar surface area (TPSA) is 35.3 Å². The van der Waals surface area contributed by atoms with Crippen LogP contribution in [0.5, 0.6) is 0 Å². The second-order valence-corrected chi connectivity index (χ2v) is 9.51. The Bertz CT molecular complexity index is 540. The molecule has 4 heteroatoms. The molecule has 94 valence electrons. The van der Waals surface area contributed by atoms with Gasteiger partial charge in [0.15, 0.2) is 5.76 Å². The lowest BCUT2D eigenvalue weighted by atomic mass is 10.1. The molecule has 3 nitrogen and oxygen atoms in total. The predicted molar refractivity (Wildman–Crippen MR) is 75.4 cm³/mol. The summed E-state index contributed by atoms with van der Waals surface area (Å²) in [7, 11) is -1.66. The Kier molecular flexibility index (Phi) is 3.38. The minimum atomic E-state index is -1.66. The summed E-state index contributed by atoms with van der Waals surface area (Å²) >= 11 is 0. The normalized spacial score (nSPS) is 11.3. The number of aromatic nitrogens is 1. The zero-order valence-electron chi connectivity index (χ0n) is 10.9. The Morgan fingerprint density at radius 1 is 1.22 bits per heavy atom. The van der Waals surface area contributed by atoms with Crippen molar-refractivity contribution in [2.45, 2.75) is 19.6 Å². The smallest absolute Gasteiger partial charge is 0.242 e. The molecule has 0 N–H and O–H groups in total. The summed E-state index contributed by atoms with van der Waals surface area (Å²) in [5.74, 6) is 1.15. The van der Waals surface area contributed by atoms with Gasteiger partial charge in [-0.05, 0) is 19.6 Å². The van der Waals surface area contributed by atoms with Crippen LogP contribution >= 0.6 is 0 Å². The Labute approximate surface area is 108 Å². The maximum atomic E-state index is 5.78. The Morgan fingerprint density at radius 2 is 1.89 bits per heavy atom. The highest BCUT2D eigenvalue weighted by molar-refractivity contribution is 6.70. The first-order chi connectivity index (χ1) is 8.46. The summed E-state index contributed by atoms with van der Waals surface area (Å²) in [4.78, 5) is 0. The van der Waals surface area contributed by atoms with E-state index in [1.165, 1.54) is 0 Å². The molecule has 0 saturated carbocycles. The summed E-state index contributed by atoms with van der Waals surface area (Å²) in [5.41, 5.74) is 1.82. The minimum Gasteiger partial charge on any atom is -0.542 e. The fourth-order valence-electron chi connectivity index (χ4n) is 1.57. The number of nitrogens with zero attached hydrogens (tertiary/aromatic N) is 1. The summed E-state index contributed by atoms with van der Waals surface area (Å²) in [5, 5.41) is 4.04. The molecule has 1 heterocycles. The lowest BCUT2D eigenvalue weighted by Gasteiger charge is -2.18. The molecular formula is C14H17NO2Si. The van der Waals surface area contributed by atoms with Gasteiger partial charge >= 0.3 is 0 Å². The van der Waals surface area contributed by atoms with Gasteiger partial charge in [-0.3, -0.25) is 0 Å². The molecule has 0 radical (unpaired) electrons. The van der Waals surface area contributed by atoms with Crippen LogP contribution in [0.4, 0.5) is 0 Å². The largest absolute Gasteiger partial charge is 0.542 e. The number of hydrogen-bond acceptors (Lipinski definition) is 3. The third-order valence-corrected chi connectivity index (χ3v) is 3.14. The van der Waals surface area contributed by atoms with Crippen molar-refractivity contribution in [3.05, 3.63) is 48.7 Å². The maximum Gasteiger partial charge on any atom is 0.242 e. The van der Waals surface area contributed by atoms with Crippen LogP contribution < -0.4 is 0 Å². The molecule has 0 unspecified atom stereocenters. The van der Waals surface area contributed by atoms with E-state index in [0.717, 1.165) is 11.3 Å². The van der Waals surface area contributed by atoms with Crippen LogP contribution in [0.25, 0.3) is 17.0 Å².